The highest BCUT2D eigenvalue weighted by Crippen LogP contribution is 2.52. The van der Waals surface area contributed by atoms with Crippen LogP contribution < -0.4 is 5.32 Å². The summed E-state index contributed by atoms with van der Waals surface area (Å²) >= 11 is 0. The van der Waals surface area contributed by atoms with Crippen molar-refractivity contribution < 1.29 is 14.4 Å². The number of allylic oxidation sites excluding steroid dienone is 2. The van der Waals surface area contributed by atoms with Gasteiger partial charge >= 0.3 is 0 Å². The molecule has 1 N–H and O–H groups in total. The quantitative estimate of drug-likeness (QED) is 0.677. The van der Waals surface area contributed by atoms with Gasteiger partial charge in [-0.1, -0.05) is 18.2 Å². The average molecular weight is 336 g/mol. The maximum Gasteiger partial charge on any atom is 0.244 e. The lowest BCUT2D eigenvalue weighted by Crippen LogP contribution is -2.39. The number of hydrogen-bond acceptors (Lipinski definition) is 3. The van der Waals surface area contributed by atoms with Crippen molar-refractivity contribution in [2.75, 3.05) is 11.9 Å². The molecule has 0 spiro atoms. The first-order chi connectivity index (χ1) is 12.1. The number of aryl methyl sites for hydroxylation is 2. The Morgan fingerprint density at radius 1 is 1.04 bits per heavy atom. The highest BCUT2D eigenvalue weighted by atomic mass is 16.2. The predicted molar refractivity (Wildman–Crippen MR) is 91.5 cm³/mol. The molecule has 3 aliphatic carbocycles. The van der Waals surface area contributed by atoms with Crippen molar-refractivity contribution in [3.05, 3.63) is 41.5 Å². The Bertz CT molecular complexity index is 798. The van der Waals surface area contributed by atoms with Crippen LogP contribution in [0.5, 0.6) is 0 Å². The molecular weight excluding hydrogens is 316 g/mol. The monoisotopic (exact) mass is 336 g/mol. The number of rotatable bonds is 3. The van der Waals surface area contributed by atoms with Crippen LogP contribution in [-0.2, 0) is 27.2 Å². The Balaban J connectivity index is 1.29. The Morgan fingerprint density at radius 3 is 2.44 bits per heavy atom. The Hall–Kier alpha value is -2.43. The van der Waals surface area contributed by atoms with Gasteiger partial charge in [0.05, 0.1) is 11.8 Å². The number of carbonyl (C=O) groups is 3. The third kappa shape index (κ3) is 2.18. The molecule has 3 amide bonds. The van der Waals surface area contributed by atoms with Crippen LogP contribution in [0.4, 0.5) is 5.69 Å². The van der Waals surface area contributed by atoms with Crippen molar-refractivity contribution in [1.82, 2.24) is 4.90 Å². The van der Waals surface area contributed by atoms with E-state index in [2.05, 4.69) is 23.5 Å². The fourth-order valence-corrected chi connectivity index (χ4v) is 5.11. The second kappa shape index (κ2) is 5.28. The van der Waals surface area contributed by atoms with Crippen LogP contribution >= 0.6 is 0 Å². The Morgan fingerprint density at radius 2 is 1.72 bits per heavy atom. The average Bonchev–Trinajstić information content (AvgIpc) is 3.35. The fourth-order valence-electron chi connectivity index (χ4n) is 5.11. The summed E-state index contributed by atoms with van der Waals surface area (Å²) in [4.78, 5) is 38.8. The van der Waals surface area contributed by atoms with Gasteiger partial charge in [-0.2, -0.15) is 0 Å². The number of hydrogen-bond donors (Lipinski definition) is 1. The van der Waals surface area contributed by atoms with E-state index >= 15 is 0 Å². The van der Waals surface area contributed by atoms with Gasteiger partial charge in [-0.3, -0.25) is 19.3 Å². The molecule has 5 rings (SSSR count). The maximum atomic E-state index is 12.6. The van der Waals surface area contributed by atoms with E-state index in [9.17, 15) is 14.4 Å². The summed E-state index contributed by atoms with van der Waals surface area (Å²) < 4.78 is 0. The molecule has 1 heterocycles. The fraction of sp³-hybridized carbons (Fsp3) is 0.450. The van der Waals surface area contributed by atoms with Gasteiger partial charge in [-0.15, -0.1) is 0 Å². The van der Waals surface area contributed by atoms with Gasteiger partial charge < -0.3 is 5.32 Å². The molecular formula is C20H20N2O3. The van der Waals surface area contributed by atoms with Gasteiger partial charge in [0.25, 0.3) is 0 Å². The molecule has 0 radical (unpaired) electrons. The number of likely N-dealkylation sites (tertiary alicyclic amines) is 1. The van der Waals surface area contributed by atoms with Crippen LogP contribution in [0.15, 0.2) is 30.4 Å². The van der Waals surface area contributed by atoms with Crippen molar-refractivity contribution in [3.8, 4) is 0 Å². The van der Waals surface area contributed by atoms with Gasteiger partial charge in [-0.05, 0) is 60.8 Å². The first-order valence-electron chi connectivity index (χ1n) is 9.07. The van der Waals surface area contributed by atoms with Crippen LogP contribution in [0.2, 0.25) is 0 Å². The summed E-state index contributed by atoms with van der Waals surface area (Å²) in [6.07, 6.45) is 8.32. The lowest BCUT2D eigenvalue weighted by molar-refractivity contribution is -0.143. The van der Waals surface area contributed by atoms with Crippen molar-refractivity contribution in [2.45, 2.75) is 25.7 Å². The molecule has 1 aliphatic heterocycles. The van der Waals surface area contributed by atoms with E-state index in [1.807, 2.05) is 12.1 Å². The van der Waals surface area contributed by atoms with E-state index in [4.69, 9.17) is 0 Å². The van der Waals surface area contributed by atoms with E-state index in [0.29, 0.717) is 0 Å². The molecule has 1 saturated carbocycles. The number of anilines is 1. The van der Waals surface area contributed by atoms with E-state index in [1.165, 1.54) is 16.0 Å². The summed E-state index contributed by atoms with van der Waals surface area (Å²) in [5.74, 6) is -0.773. The molecule has 5 nitrogen and oxygen atoms in total. The molecule has 1 aromatic rings. The second-order valence-electron chi connectivity index (χ2n) is 7.65. The van der Waals surface area contributed by atoms with Crippen LogP contribution in [0.1, 0.15) is 24.0 Å². The summed E-state index contributed by atoms with van der Waals surface area (Å²) in [7, 11) is 0. The number of carbonyl (C=O) groups excluding carboxylic acids is 3. The normalized spacial score (nSPS) is 31.6. The van der Waals surface area contributed by atoms with E-state index in [1.54, 1.807) is 0 Å². The van der Waals surface area contributed by atoms with Crippen LogP contribution in [0.3, 0.4) is 0 Å². The molecule has 25 heavy (non-hydrogen) atoms. The first kappa shape index (κ1) is 14.9. The lowest BCUT2D eigenvalue weighted by Gasteiger charge is -2.17. The largest absolute Gasteiger partial charge is 0.325 e. The predicted octanol–water partition coefficient (Wildman–Crippen LogP) is 1.92. The van der Waals surface area contributed by atoms with Gasteiger partial charge in [0.1, 0.15) is 6.54 Å². The van der Waals surface area contributed by atoms with E-state index in [-0.39, 0.29) is 47.9 Å². The van der Waals surface area contributed by atoms with E-state index in [0.717, 1.165) is 31.4 Å². The van der Waals surface area contributed by atoms with Crippen molar-refractivity contribution in [1.29, 1.82) is 0 Å². The molecule has 4 unspecified atom stereocenters. The number of nitrogens with one attached hydrogen (secondary N) is 1. The zero-order chi connectivity index (χ0) is 17.1. The third-order valence-corrected chi connectivity index (χ3v) is 6.25. The number of fused-ring (bicyclic) bond motifs is 6. The smallest absolute Gasteiger partial charge is 0.244 e. The van der Waals surface area contributed by atoms with Gasteiger partial charge in [-0.25, -0.2) is 0 Å². The zero-order valence-corrected chi connectivity index (χ0v) is 13.9. The lowest BCUT2D eigenvalue weighted by atomic mass is 9.85. The second-order valence-corrected chi connectivity index (χ2v) is 7.65. The molecule has 4 atom stereocenters. The number of nitrogens with zero attached hydrogens (tertiary/aromatic N) is 1. The summed E-state index contributed by atoms with van der Waals surface area (Å²) in [5.41, 5.74) is 3.37. The third-order valence-electron chi connectivity index (χ3n) is 6.25. The topological polar surface area (TPSA) is 66.5 Å². The molecule has 2 bridgehead atoms. The summed E-state index contributed by atoms with van der Waals surface area (Å²) in [5, 5.41) is 2.84. The van der Waals surface area contributed by atoms with Gasteiger partial charge in [0.15, 0.2) is 0 Å². The highest BCUT2D eigenvalue weighted by molar-refractivity contribution is 6.09. The minimum Gasteiger partial charge on any atom is -0.325 e. The molecule has 128 valence electrons. The van der Waals surface area contributed by atoms with Crippen LogP contribution in [0, 0.1) is 23.7 Å². The number of benzene rings is 1. The molecule has 4 aliphatic rings. The SMILES string of the molecule is O=C(CN1C(=O)C2C3C=CC(C3)C2C1=O)Nc1ccc2c(c1)CCC2. The highest BCUT2D eigenvalue weighted by Gasteiger charge is 2.59. The van der Waals surface area contributed by atoms with Crippen LogP contribution in [0.25, 0.3) is 0 Å². The standard InChI is InChI=1S/C20H20N2O3/c23-16(21-15-7-6-11-2-1-3-12(11)9-15)10-22-19(24)17-13-4-5-14(8-13)18(17)20(22)25/h4-7,9,13-14,17-18H,1-3,8,10H2,(H,21,23). The minimum absolute atomic E-state index is 0.170. The maximum absolute atomic E-state index is 12.6. The zero-order valence-electron chi connectivity index (χ0n) is 13.9. The Kier molecular flexibility index (Phi) is 3.14. The van der Waals surface area contributed by atoms with Gasteiger partial charge in [0, 0.05) is 5.69 Å². The van der Waals surface area contributed by atoms with Crippen LogP contribution in [-0.4, -0.2) is 29.2 Å². The van der Waals surface area contributed by atoms with Crippen molar-refractivity contribution >= 4 is 23.4 Å². The molecule has 1 aromatic carbocycles. The van der Waals surface area contributed by atoms with Gasteiger partial charge in [0.2, 0.25) is 17.7 Å². The summed E-state index contributed by atoms with van der Waals surface area (Å²) in [6.45, 7) is -0.179. The van der Waals surface area contributed by atoms with E-state index < -0.39 is 0 Å². The molecule has 2 fully saturated rings. The first-order valence-corrected chi connectivity index (χ1v) is 9.07. The number of amides is 3. The minimum atomic E-state index is -0.306. The molecule has 0 aromatic heterocycles. The Labute approximate surface area is 146 Å². The van der Waals surface area contributed by atoms with Crippen molar-refractivity contribution in [2.24, 2.45) is 23.7 Å². The molecule has 1 saturated heterocycles. The number of imide groups is 1. The van der Waals surface area contributed by atoms with Crippen molar-refractivity contribution in [3.63, 3.8) is 0 Å². The molecule has 5 heteroatoms. The summed E-state index contributed by atoms with van der Waals surface area (Å²) in [6, 6.07) is 5.96.